The number of alkyl halides is 3. The Kier molecular flexibility index (Phi) is 7.86. The number of alkyl carbamates (subject to hydrolysis) is 1. The van der Waals surface area contributed by atoms with Gasteiger partial charge in [0.15, 0.2) is 0 Å². The van der Waals surface area contributed by atoms with Crippen LogP contribution >= 0.6 is 0 Å². The van der Waals surface area contributed by atoms with Crippen molar-refractivity contribution in [2.24, 2.45) is 0 Å². The maximum atomic E-state index is 13.2. The zero-order valence-electron chi connectivity index (χ0n) is 19.8. The Bertz CT molecular complexity index is 1120. The molecule has 0 radical (unpaired) electrons. The number of para-hydroxylation sites is 1. The van der Waals surface area contributed by atoms with Crippen LogP contribution in [0.4, 0.5) is 29.3 Å². The van der Waals surface area contributed by atoms with Gasteiger partial charge in [0.05, 0.1) is 24.4 Å². The van der Waals surface area contributed by atoms with Gasteiger partial charge >= 0.3 is 12.3 Å². The van der Waals surface area contributed by atoms with Gasteiger partial charge in [-0.25, -0.2) is 4.79 Å². The Morgan fingerprint density at radius 3 is 2.54 bits per heavy atom. The van der Waals surface area contributed by atoms with Crippen LogP contribution in [0.15, 0.2) is 48.5 Å². The molecule has 2 aliphatic rings. The van der Waals surface area contributed by atoms with Crippen LogP contribution in [0.5, 0.6) is 0 Å². The fourth-order valence-corrected chi connectivity index (χ4v) is 4.14. The predicted octanol–water partition coefficient (Wildman–Crippen LogP) is 3.23. The van der Waals surface area contributed by atoms with Gasteiger partial charge in [-0.15, -0.1) is 0 Å². The normalized spacial score (nSPS) is 21.6. The quantitative estimate of drug-likeness (QED) is 0.445. The SMILES string of the molecule is O=C1CC[C@H](OC(=O)NC2(C(=O)NCc3ccc(Nc4ccccc4C(F)(F)F)cc3)CCOC2)CN1. The minimum absolute atomic E-state index is 0.0171. The molecular weight excluding hydrogens is 493 g/mol. The van der Waals surface area contributed by atoms with E-state index in [1.54, 1.807) is 24.3 Å². The number of rotatable bonds is 7. The molecule has 9 nitrogen and oxygen atoms in total. The zero-order valence-corrected chi connectivity index (χ0v) is 19.8. The first-order valence-corrected chi connectivity index (χ1v) is 11.8. The Labute approximate surface area is 211 Å². The summed E-state index contributed by atoms with van der Waals surface area (Å²) in [6.07, 6.45) is -4.80. The van der Waals surface area contributed by atoms with E-state index in [1.807, 2.05) is 0 Å². The first kappa shape index (κ1) is 26.3. The predicted molar refractivity (Wildman–Crippen MR) is 127 cm³/mol. The van der Waals surface area contributed by atoms with Gasteiger partial charge in [-0.1, -0.05) is 24.3 Å². The van der Waals surface area contributed by atoms with Crippen molar-refractivity contribution < 1.29 is 37.0 Å². The summed E-state index contributed by atoms with van der Waals surface area (Å²) in [6.45, 7) is 0.615. The molecule has 2 fully saturated rings. The number of anilines is 2. The van der Waals surface area contributed by atoms with Crippen LogP contribution in [0.25, 0.3) is 0 Å². The fourth-order valence-electron chi connectivity index (χ4n) is 4.14. The van der Waals surface area contributed by atoms with Crippen molar-refractivity contribution in [1.29, 1.82) is 0 Å². The van der Waals surface area contributed by atoms with Crippen molar-refractivity contribution in [3.8, 4) is 0 Å². The number of hydrogen-bond donors (Lipinski definition) is 4. The molecule has 2 aromatic rings. The topological polar surface area (TPSA) is 118 Å². The maximum Gasteiger partial charge on any atom is 0.418 e. The molecule has 4 N–H and O–H groups in total. The van der Waals surface area contributed by atoms with E-state index in [2.05, 4.69) is 21.3 Å². The third-order valence-electron chi connectivity index (χ3n) is 6.21. The number of hydrogen-bond acceptors (Lipinski definition) is 6. The Morgan fingerprint density at radius 2 is 1.89 bits per heavy atom. The van der Waals surface area contributed by atoms with E-state index in [0.717, 1.165) is 6.07 Å². The van der Waals surface area contributed by atoms with Crippen LogP contribution in [0.1, 0.15) is 30.4 Å². The Hall–Kier alpha value is -3.80. The molecule has 3 amide bonds. The summed E-state index contributed by atoms with van der Waals surface area (Å²) < 4.78 is 50.4. The molecule has 4 rings (SSSR count). The van der Waals surface area contributed by atoms with Crippen molar-refractivity contribution in [3.63, 3.8) is 0 Å². The summed E-state index contributed by atoms with van der Waals surface area (Å²) in [7, 11) is 0. The second kappa shape index (κ2) is 11.1. The monoisotopic (exact) mass is 520 g/mol. The molecule has 0 saturated carbocycles. The van der Waals surface area contributed by atoms with Crippen LogP contribution in [-0.2, 0) is 31.8 Å². The van der Waals surface area contributed by atoms with Gasteiger partial charge < -0.3 is 30.7 Å². The molecule has 2 saturated heterocycles. The van der Waals surface area contributed by atoms with E-state index in [1.165, 1.54) is 18.2 Å². The standard InChI is InChI=1S/C25H27F3N4O5/c26-25(27,28)19-3-1-2-4-20(19)31-17-7-5-16(6-8-17)13-30-22(34)24(11-12-36-15-24)32-23(35)37-18-9-10-21(33)29-14-18/h1-8,18,31H,9-15H2,(H,29,33)(H,30,34)(H,32,35)/t18-,24?/m0/s1. The maximum absolute atomic E-state index is 13.2. The molecule has 0 spiro atoms. The summed E-state index contributed by atoms with van der Waals surface area (Å²) in [5.74, 6) is -0.546. The zero-order chi connectivity index (χ0) is 26.5. The van der Waals surface area contributed by atoms with Gasteiger partial charge in [0.25, 0.3) is 0 Å². The third kappa shape index (κ3) is 6.70. The lowest BCUT2D eigenvalue weighted by atomic mass is 9.97. The highest BCUT2D eigenvalue weighted by Crippen LogP contribution is 2.35. The van der Waals surface area contributed by atoms with E-state index in [4.69, 9.17) is 9.47 Å². The lowest BCUT2D eigenvalue weighted by Gasteiger charge is -2.29. The number of ether oxygens (including phenoxy) is 2. The molecule has 2 atom stereocenters. The molecule has 2 heterocycles. The Morgan fingerprint density at radius 1 is 1.14 bits per heavy atom. The summed E-state index contributed by atoms with van der Waals surface area (Å²) in [6, 6.07) is 11.8. The van der Waals surface area contributed by atoms with E-state index < -0.39 is 35.4 Å². The first-order valence-electron chi connectivity index (χ1n) is 11.8. The minimum atomic E-state index is -4.49. The summed E-state index contributed by atoms with van der Waals surface area (Å²) in [4.78, 5) is 36.7. The average Bonchev–Trinajstić information content (AvgIpc) is 3.34. The number of carbonyl (C=O) groups is 3. The van der Waals surface area contributed by atoms with Crippen LogP contribution in [-0.4, -0.2) is 49.3 Å². The van der Waals surface area contributed by atoms with Crippen molar-refractivity contribution in [2.45, 2.75) is 43.6 Å². The average molecular weight is 521 g/mol. The van der Waals surface area contributed by atoms with Gasteiger partial charge in [0.2, 0.25) is 11.8 Å². The highest BCUT2D eigenvalue weighted by molar-refractivity contribution is 5.90. The van der Waals surface area contributed by atoms with Gasteiger partial charge in [0.1, 0.15) is 11.6 Å². The van der Waals surface area contributed by atoms with Gasteiger partial charge in [-0.2, -0.15) is 13.2 Å². The van der Waals surface area contributed by atoms with E-state index >= 15 is 0 Å². The molecule has 2 aromatic carbocycles. The molecule has 0 aromatic heterocycles. The van der Waals surface area contributed by atoms with Gasteiger partial charge in [-0.05, 0) is 36.2 Å². The molecule has 198 valence electrons. The van der Waals surface area contributed by atoms with Crippen molar-refractivity contribution >= 4 is 29.3 Å². The van der Waals surface area contributed by atoms with Crippen LogP contribution in [0, 0.1) is 0 Å². The van der Waals surface area contributed by atoms with E-state index in [-0.39, 0.29) is 50.7 Å². The smallest absolute Gasteiger partial charge is 0.418 e. The second-order valence-corrected chi connectivity index (χ2v) is 8.93. The summed E-state index contributed by atoms with van der Waals surface area (Å²) >= 11 is 0. The largest absolute Gasteiger partial charge is 0.444 e. The number of nitrogens with one attached hydrogen (secondary N) is 4. The van der Waals surface area contributed by atoms with Crippen molar-refractivity contribution in [3.05, 3.63) is 59.7 Å². The number of piperidine rings is 1. The lowest BCUT2D eigenvalue weighted by Crippen LogP contribution is -2.60. The van der Waals surface area contributed by atoms with E-state index in [0.29, 0.717) is 17.7 Å². The molecule has 37 heavy (non-hydrogen) atoms. The Balaban J connectivity index is 1.32. The molecular formula is C25H27F3N4O5. The van der Waals surface area contributed by atoms with E-state index in [9.17, 15) is 27.6 Å². The number of amides is 3. The lowest BCUT2D eigenvalue weighted by molar-refractivity contribution is -0.137. The fraction of sp³-hybridized carbons (Fsp3) is 0.400. The highest BCUT2D eigenvalue weighted by Gasteiger charge is 2.44. The molecule has 12 heteroatoms. The van der Waals surface area contributed by atoms with Gasteiger partial charge in [-0.3, -0.25) is 9.59 Å². The van der Waals surface area contributed by atoms with Crippen LogP contribution in [0.2, 0.25) is 0 Å². The minimum Gasteiger partial charge on any atom is -0.444 e. The number of benzene rings is 2. The molecule has 1 unspecified atom stereocenters. The van der Waals surface area contributed by atoms with Crippen molar-refractivity contribution in [2.75, 3.05) is 25.1 Å². The molecule has 2 aliphatic heterocycles. The summed E-state index contributed by atoms with van der Waals surface area (Å²) in [5.41, 5.74) is -0.964. The van der Waals surface area contributed by atoms with Gasteiger partial charge in [0, 0.05) is 31.7 Å². The number of carbonyl (C=O) groups excluding carboxylic acids is 3. The molecule has 0 bridgehead atoms. The highest BCUT2D eigenvalue weighted by atomic mass is 19.4. The number of halogens is 3. The third-order valence-corrected chi connectivity index (χ3v) is 6.21. The second-order valence-electron chi connectivity index (χ2n) is 8.93. The van der Waals surface area contributed by atoms with Crippen LogP contribution < -0.4 is 21.3 Å². The first-order chi connectivity index (χ1) is 17.6. The summed E-state index contributed by atoms with van der Waals surface area (Å²) in [5, 5.41) is 10.8. The molecule has 0 aliphatic carbocycles. The van der Waals surface area contributed by atoms with Crippen molar-refractivity contribution in [1.82, 2.24) is 16.0 Å². The van der Waals surface area contributed by atoms with Crippen LogP contribution in [0.3, 0.4) is 0 Å².